The van der Waals surface area contributed by atoms with E-state index in [2.05, 4.69) is 11.4 Å². The van der Waals surface area contributed by atoms with Crippen molar-refractivity contribution in [1.82, 2.24) is 5.32 Å². The molecule has 0 fully saturated rings. The van der Waals surface area contributed by atoms with Gasteiger partial charge in [0, 0.05) is 6.54 Å². The largest absolute Gasteiger partial charge is 0.496 e. The van der Waals surface area contributed by atoms with Crippen LogP contribution in [0.5, 0.6) is 5.75 Å². The molecule has 0 aliphatic rings. The second kappa shape index (κ2) is 7.22. The maximum atomic E-state index is 12.0. The van der Waals surface area contributed by atoms with Crippen LogP contribution in [-0.4, -0.2) is 25.3 Å². The molecule has 0 spiro atoms. The third-order valence-corrected chi connectivity index (χ3v) is 4.48. The number of methoxy groups -OCH3 is 1. The number of aryl methyl sites for hydroxylation is 1. The maximum Gasteiger partial charge on any atom is 0.261 e. The second-order valence-corrected chi connectivity index (χ2v) is 6.13. The minimum atomic E-state index is -0.149. The molecule has 2 aromatic rings. The van der Waals surface area contributed by atoms with Crippen LogP contribution in [0.3, 0.4) is 0 Å². The Kier molecular flexibility index (Phi) is 5.33. The molecule has 0 unspecified atom stereocenters. The van der Waals surface area contributed by atoms with Crippen LogP contribution in [0, 0.1) is 6.92 Å². The number of ether oxygens (including phenoxy) is 1. The normalized spacial score (nSPS) is 10.3. The fraction of sp³-hybridized carbons (Fsp3) is 0.294. The first kappa shape index (κ1) is 16.2. The van der Waals surface area contributed by atoms with E-state index in [0.29, 0.717) is 22.7 Å². The molecule has 0 saturated heterocycles. The van der Waals surface area contributed by atoms with Gasteiger partial charge in [-0.2, -0.15) is 0 Å². The van der Waals surface area contributed by atoms with Crippen LogP contribution in [0.4, 0.5) is 0 Å². The fourth-order valence-electron chi connectivity index (χ4n) is 2.15. The lowest BCUT2D eigenvalue weighted by molar-refractivity contribution is 0.0957. The molecule has 1 amide bonds. The number of hydrogen-bond acceptors (Lipinski definition) is 4. The minimum absolute atomic E-state index is 0.0199. The molecule has 0 atom stereocenters. The summed E-state index contributed by atoms with van der Waals surface area (Å²) in [7, 11) is 1.64. The van der Waals surface area contributed by atoms with Crippen molar-refractivity contribution in [3.05, 3.63) is 51.2 Å². The first-order valence-corrected chi connectivity index (χ1v) is 7.85. The Morgan fingerprint density at radius 3 is 2.55 bits per heavy atom. The number of ketones is 1. The number of benzene rings is 1. The van der Waals surface area contributed by atoms with Crippen molar-refractivity contribution >= 4 is 23.0 Å². The average molecular weight is 317 g/mol. The second-order valence-electron chi connectivity index (χ2n) is 5.04. The van der Waals surface area contributed by atoms with Gasteiger partial charge < -0.3 is 10.1 Å². The van der Waals surface area contributed by atoms with E-state index in [1.165, 1.54) is 18.3 Å². The summed E-state index contributed by atoms with van der Waals surface area (Å²) in [5, 5.41) is 2.88. The van der Waals surface area contributed by atoms with Gasteiger partial charge in [0.1, 0.15) is 5.75 Å². The molecule has 5 heteroatoms. The highest BCUT2D eigenvalue weighted by molar-refractivity contribution is 7.15. The lowest BCUT2D eigenvalue weighted by Gasteiger charge is -2.10. The molecule has 22 heavy (non-hydrogen) atoms. The van der Waals surface area contributed by atoms with Crippen molar-refractivity contribution in [2.75, 3.05) is 13.7 Å². The number of carbonyl (C=O) groups is 2. The van der Waals surface area contributed by atoms with E-state index in [9.17, 15) is 9.59 Å². The standard InChI is InChI=1S/C17H19NO3S/c1-11-4-5-14(21-3)13(10-11)8-9-18-17(20)16-7-6-15(22-16)12(2)19/h4-7,10H,8-9H2,1-3H3,(H,18,20). The maximum absolute atomic E-state index is 12.0. The van der Waals surface area contributed by atoms with Gasteiger partial charge in [0.25, 0.3) is 5.91 Å². The van der Waals surface area contributed by atoms with Crippen LogP contribution in [0.1, 0.15) is 37.4 Å². The molecule has 0 aliphatic carbocycles. The molecule has 0 aliphatic heterocycles. The third-order valence-electron chi connectivity index (χ3n) is 3.29. The van der Waals surface area contributed by atoms with Gasteiger partial charge in [-0.25, -0.2) is 0 Å². The predicted molar refractivity (Wildman–Crippen MR) is 88.1 cm³/mol. The zero-order valence-corrected chi connectivity index (χ0v) is 13.8. The van der Waals surface area contributed by atoms with Gasteiger partial charge in [-0.1, -0.05) is 17.7 Å². The van der Waals surface area contributed by atoms with Crippen LogP contribution in [-0.2, 0) is 6.42 Å². The third kappa shape index (κ3) is 3.95. The van der Waals surface area contributed by atoms with Crippen LogP contribution in [0.25, 0.3) is 0 Å². The molecular weight excluding hydrogens is 298 g/mol. The minimum Gasteiger partial charge on any atom is -0.496 e. The van der Waals surface area contributed by atoms with E-state index < -0.39 is 0 Å². The lowest BCUT2D eigenvalue weighted by Crippen LogP contribution is -2.25. The summed E-state index contributed by atoms with van der Waals surface area (Å²) in [5.74, 6) is 0.660. The van der Waals surface area contributed by atoms with Gasteiger partial charge in [0.2, 0.25) is 0 Å². The van der Waals surface area contributed by atoms with Crippen molar-refractivity contribution in [3.63, 3.8) is 0 Å². The van der Waals surface area contributed by atoms with Crippen LogP contribution in [0.15, 0.2) is 30.3 Å². The Morgan fingerprint density at radius 1 is 1.18 bits per heavy atom. The number of nitrogens with one attached hydrogen (secondary N) is 1. The first-order valence-electron chi connectivity index (χ1n) is 7.03. The van der Waals surface area contributed by atoms with Crippen LogP contribution >= 0.6 is 11.3 Å². The van der Waals surface area contributed by atoms with Gasteiger partial charge in [-0.15, -0.1) is 11.3 Å². The number of hydrogen-bond donors (Lipinski definition) is 1. The van der Waals surface area contributed by atoms with E-state index in [0.717, 1.165) is 16.9 Å². The van der Waals surface area contributed by atoms with Crippen LogP contribution < -0.4 is 10.1 Å². The van der Waals surface area contributed by atoms with Gasteiger partial charge in [-0.05, 0) is 44.0 Å². The van der Waals surface area contributed by atoms with E-state index in [4.69, 9.17) is 4.74 Å². The highest BCUT2D eigenvalue weighted by Gasteiger charge is 2.11. The molecule has 0 bridgehead atoms. The summed E-state index contributed by atoms with van der Waals surface area (Å²) >= 11 is 1.22. The Morgan fingerprint density at radius 2 is 1.91 bits per heavy atom. The quantitative estimate of drug-likeness (QED) is 0.832. The summed E-state index contributed by atoms with van der Waals surface area (Å²) in [4.78, 5) is 24.5. The van der Waals surface area contributed by atoms with E-state index in [1.54, 1.807) is 19.2 Å². The van der Waals surface area contributed by atoms with Crippen molar-refractivity contribution < 1.29 is 14.3 Å². The SMILES string of the molecule is COc1ccc(C)cc1CCNC(=O)c1ccc(C(C)=O)s1. The van der Waals surface area contributed by atoms with Crippen molar-refractivity contribution in [2.45, 2.75) is 20.3 Å². The monoisotopic (exact) mass is 317 g/mol. The van der Waals surface area contributed by atoms with E-state index in [-0.39, 0.29) is 11.7 Å². The molecule has 1 aromatic carbocycles. The summed E-state index contributed by atoms with van der Waals surface area (Å²) < 4.78 is 5.32. The number of amides is 1. The summed E-state index contributed by atoms with van der Waals surface area (Å²) in [6, 6.07) is 9.36. The Balaban J connectivity index is 1.94. The number of Topliss-reactive ketones (excluding diaryl/α,β-unsaturated/α-hetero) is 1. The molecular formula is C17H19NO3S. The number of thiophene rings is 1. The smallest absolute Gasteiger partial charge is 0.261 e. The topological polar surface area (TPSA) is 55.4 Å². The summed E-state index contributed by atoms with van der Waals surface area (Å²) in [6.07, 6.45) is 0.696. The number of rotatable bonds is 6. The molecule has 1 N–H and O–H groups in total. The summed E-state index contributed by atoms with van der Waals surface area (Å²) in [6.45, 7) is 4.04. The zero-order valence-electron chi connectivity index (χ0n) is 12.9. The fourth-order valence-corrected chi connectivity index (χ4v) is 2.97. The Bertz CT molecular complexity index is 691. The van der Waals surface area contributed by atoms with Gasteiger partial charge in [0.05, 0.1) is 16.9 Å². The van der Waals surface area contributed by atoms with Crippen molar-refractivity contribution in [3.8, 4) is 5.75 Å². The van der Waals surface area contributed by atoms with Gasteiger partial charge >= 0.3 is 0 Å². The molecule has 1 aromatic heterocycles. The van der Waals surface area contributed by atoms with Crippen molar-refractivity contribution in [2.24, 2.45) is 0 Å². The number of carbonyl (C=O) groups excluding carboxylic acids is 2. The molecule has 4 nitrogen and oxygen atoms in total. The molecule has 0 saturated carbocycles. The molecule has 0 radical (unpaired) electrons. The zero-order chi connectivity index (χ0) is 16.1. The highest BCUT2D eigenvalue weighted by Crippen LogP contribution is 2.20. The van der Waals surface area contributed by atoms with Crippen LogP contribution in [0.2, 0.25) is 0 Å². The van der Waals surface area contributed by atoms with Crippen molar-refractivity contribution in [1.29, 1.82) is 0 Å². The predicted octanol–water partition coefficient (Wildman–Crippen LogP) is 3.24. The van der Waals surface area contributed by atoms with Gasteiger partial charge in [-0.3, -0.25) is 9.59 Å². The lowest BCUT2D eigenvalue weighted by atomic mass is 10.1. The molecule has 1 heterocycles. The molecule has 2 rings (SSSR count). The Hall–Kier alpha value is -2.14. The summed E-state index contributed by atoms with van der Waals surface area (Å²) in [5.41, 5.74) is 2.23. The van der Waals surface area contributed by atoms with E-state index >= 15 is 0 Å². The Labute approximate surface area is 134 Å². The molecule has 116 valence electrons. The highest BCUT2D eigenvalue weighted by atomic mass is 32.1. The first-order chi connectivity index (χ1) is 10.5. The van der Waals surface area contributed by atoms with Gasteiger partial charge in [0.15, 0.2) is 5.78 Å². The van der Waals surface area contributed by atoms with E-state index in [1.807, 2.05) is 19.1 Å². The average Bonchev–Trinajstić information content (AvgIpc) is 2.97.